The molecular weight excluding hydrogens is 416 g/mol. The number of amides is 2. The minimum absolute atomic E-state index is 0.0714. The highest BCUT2D eigenvalue weighted by atomic mass is 19.1. The minimum atomic E-state index is -0.876. The normalized spacial score (nSPS) is 15.4. The summed E-state index contributed by atoms with van der Waals surface area (Å²) in [6.07, 6.45) is 4.05. The number of benzene rings is 2. The molecule has 2 amide bonds. The molecule has 1 aliphatic heterocycles. The Bertz CT molecular complexity index is 1090. The van der Waals surface area contributed by atoms with E-state index in [1.54, 1.807) is 11.0 Å². The maximum atomic E-state index is 13.9. The van der Waals surface area contributed by atoms with Crippen LogP contribution in [0.3, 0.4) is 0 Å². The quantitative estimate of drug-likeness (QED) is 0.662. The molecule has 32 heavy (non-hydrogen) atoms. The van der Waals surface area contributed by atoms with Crippen LogP contribution in [0.1, 0.15) is 41.7 Å². The summed E-state index contributed by atoms with van der Waals surface area (Å²) in [6.45, 7) is 2.60. The van der Waals surface area contributed by atoms with Crippen LogP contribution in [0, 0.1) is 17.6 Å². The first-order valence-electron chi connectivity index (χ1n) is 10.4. The maximum absolute atomic E-state index is 13.9. The highest BCUT2D eigenvalue weighted by Crippen LogP contribution is 2.22. The van der Waals surface area contributed by atoms with Crippen LogP contribution < -0.4 is 5.32 Å². The number of halogens is 2. The Balaban J connectivity index is 1.31. The van der Waals surface area contributed by atoms with E-state index in [9.17, 15) is 18.4 Å². The lowest BCUT2D eigenvalue weighted by atomic mass is 9.94. The Kier molecular flexibility index (Phi) is 6.25. The van der Waals surface area contributed by atoms with Crippen molar-refractivity contribution in [2.75, 3.05) is 13.1 Å². The lowest BCUT2D eigenvalue weighted by molar-refractivity contribution is -0.127. The number of hydrogen-bond donors (Lipinski definition) is 1. The van der Waals surface area contributed by atoms with Gasteiger partial charge in [-0.3, -0.25) is 9.59 Å². The van der Waals surface area contributed by atoms with Gasteiger partial charge in [-0.05, 0) is 49.6 Å². The molecule has 1 aliphatic rings. The van der Waals surface area contributed by atoms with Gasteiger partial charge >= 0.3 is 0 Å². The van der Waals surface area contributed by atoms with Gasteiger partial charge in [-0.25, -0.2) is 18.4 Å². The van der Waals surface area contributed by atoms with Gasteiger partial charge in [-0.1, -0.05) is 12.1 Å². The number of aromatic nitrogens is 3. The van der Waals surface area contributed by atoms with Crippen molar-refractivity contribution in [2.45, 2.75) is 25.8 Å². The van der Waals surface area contributed by atoms with Crippen LogP contribution in [0.25, 0.3) is 5.69 Å². The van der Waals surface area contributed by atoms with Crippen LogP contribution in [0.4, 0.5) is 8.78 Å². The second-order valence-corrected chi connectivity index (χ2v) is 7.85. The van der Waals surface area contributed by atoms with E-state index < -0.39 is 17.5 Å². The molecule has 4 rings (SSSR count). The zero-order valence-electron chi connectivity index (χ0n) is 17.5. The van der Waals surface area contributed by atoms with Crippen molar-refractivity contribution in [3.8, 4) is 5.69 Å². The Morgan fingerprint density at radius 1 is 1.09 bits per heavy atom. The average molecular weight is 439 g/mol. The summed E-state index contributed by atoms with van der Waals surface area (Å²) in [4.78, 5) is 30.7. The van der Waals surface area contributed by atoms with Gasteiger partial charge in [0.05, 0.1) is 17.3 Å². The van der Waals surface area contributed by atoms with Gasteiger partial charge < -0.3 is 10.2 Å². The number of nitrogens with one attached hydrogen (secondary N) is 1. The lowest BCUT2D eigenvalue weighted by Gasteiger charge is -2.32. The van der Waals surface area contributed by atoms with E-state index in [1.165, 1.54) is 11.2 Å². The van der Waals surface area contributed by atoms with Crippen LogP contribution in [0.2, 0.25) is 0 Å². The van der Waals surface area contributed by atoms with Crippen LogP contribution in [-0.2, 0) is 4.79 Å². The van der Waals surface area contributed by atoms with Crippen molar-refractivity contribution < 1.29 is 18.4 Å². The Labute approximate surface area is 184 Å². The summed E-state index contributed by atoms with van der Waals surface area (Å²) in [7, 11) is 0. The monoisotopic (exact) mass is 439 g/mol. The molecule has 1 aromatic heterocycles. The van der Waals surface area contributed by atoms with E-state index >= 15 is 0 Å². The largest absolute Gasteiger partial charge is 0.349 e. The summed E-state index contributed by atoms with van der Waals surface area (Å²) in [5, 5.41) is 7.12. The van der Waals surface area contributed by atoms with Crippen molar-refractivity contribution >= 4 is 11.8 Å². The molecule has 1 atom stereocenters. The molecule has 1 saturated heterocycles. The number of carbonyl (C=O) groups excluding carboxylic acids is 2. The second kappa shape index (κ2) is 9.25. The van der Waals surface area contributed by atoms with Crippen LogP contribution in [-0.4, -0.2) is 44.6 Å². The first kappa shape index (κ1) is 21.6. The summed E-state index contributed by atoms with van der Waals surface area (Å²) >= 11 is 0. The third kappa shape index (κ3) is 4.66. The number of carbonyl (C=O) groups is 2. The number of piperidine rings is 1. The third-order valence-corrected chi connectivity index (χ3v) is 5.75. The Morgan fingerprint density at radius 3 is 2.44 bits per heavy atom. The first-order chi connectivity index (χ1) is 15.4. The summed E-state index contributed by atoms with van der Waals surface area (Å²) in [5.41, 5.74) is 1.68. The topological polar surface area (TPSA) is 80.1 Å². The number of likely N-dealkylation sites (tertiary alicyclic amines) is 1. The molecule has 3 aromatic rings. The van der Waals surface area contributed by atoms with E-state index in [0.717, 1.165) is 23.4 Å². The fourth-order valence-electron chi connectivity index (χ4n) is 3.85. The van der Waals surface area contributed by atoms with Gasteiger partial charge in [0, 0.05) is 25.1 Å². The molecule has 0 saturated carbocycles. The molecule has 0 aliphatic carbocycles. The van der Waals surface area contributed by atoms with E-state index in [4.69, 9.17) is 0 Å². The molecule has 0 bridgehead atoms. The first-order valence-corrected chi connectivity index (χ1v) is 10.4. The van der Waals surface area contributed by atoms with E-state index in [0.29, 0.717) is 32.0 Å². The second-order valence-electron chi connectivity index (χ2n) is 7.85. The molecule has 1 unspecified atom stereocenters. The van der Waals surface area contributed by atoms with Crippen molar-refractivity contribution in [3.05, 3.63) is 77.9 Å². The molecule has 1 fully saturated rings. The van der Waals surface area contributed by atoms with Crippen LogP contribution in [0.5, 0.6) is 0 Å². The van der Waals surface area contributed by atoms with Crippen molar-refractivity contribution in [2.24, 2.45) is 5.92 Å². The molecule has 2 heterocycles. The number of rotatable bonds is 5. The summed E-state index contributed by atoms with van der Waals surface area (Å²) < 4.78 is 28.7. The van der Waals surface area contributed by atoms with Crippen LogP contribution >= 0.6 is 0 Å². The SMILES string of the molecule is CC(NC(=O)C1CCN(C(=O)c2ccc(F)cc2F)CC1)c1ccc(-n2cncn2)cc1. The molecule has 1 N–H and O–H groups in total. The number of nitrogens with zero attached hydrogens (tertiary/aromatic N) is 4. The fraction of sp³-hybridized carbons (Fsp3) is 0.304. The van der Waals surface area contributed by atoms with E-state index in [-0.39, 0.29) is 23.4 Å². The molecule has 2 aromatic carbocycles. The zero-order chi connectivity index (χ0) is 22.7. The highest BCUT2D eigenvalue weighted by Gasteiger charge is 2.29. The van der Waals surface area contributed by atoms with Gasteiger partial charge in [0.25, 0.3) is 5.91 Å². The maximum Gasteiger partial charge on any atom is 0.256 e. The van der Waals surface area contributed by atoms with Gasteiger partial charge in [0.2, 0.25) is 5.91 Å². The Morgan fingerprint density at radius 2 is 1.81 bits per heavy atom. The molecule has 9 heteroatoms. The molecule has 0 radical (unpaired) electrons. The van der Waals surface area contributed by atoms with Crippen LogP contribution in [0.15, 0.2) is 55.1 Å². The van der Waals surface area contributed by atoms with E-state index in [1.807, 2.05) is 31.2 Å². The predicted molar refractivity (Wildman–Crippen MR) is 113 cm³/mol. The van der Waals surface area contributed by atoms with Gasteiger partial charge in [0.1, 0.15) is 24.3 Å². The molecule has 0 spiro atoms. The van der Waals surface area contributed by atoms with Gasteiger partial charge in [0.15, 0.2) is 0 Å². The van der Waals surface area contributed by atoms with Gasteiger partial charge in [-0.2, -0.15) is 5.10 Å². The highest BCUT2D eigenvalue weighted by molar-refractivity contribution is 5.94. The van der Waals surface area contributed by atoms with E-state index in [2.05, 4.69) is 15.4 Å². The molecule has 166 valence electrons. The third-order valence-electron chi connectivity index (χ3n) is 5.75. The van der Waals surface area contributed by atoms with Crippen molar-refractivity contribution in [1.29, 1.82) is 0 Å². The average Bonchev–Trinajstić information content (AvgIpc) is 3.34. The van der Waals surface area contributed by atoms with Gasteiger partial charge in [-0.15, -0.1) is 0 Å². The standard InChI is InChI=1S/C23H23F2N5O2/c1-15(16-2-5-19(6-3-16)30-14-26-13-27-30)28-22(31)17-8-10-29(11-9-17)23(32)20-7-4-18(24)12-21(20)25/h2-7,12-15,17H,8-11H2,1H3,(H,28,31). The van der Waals surface area contributed by atoms with Crippen molar-refractivity contribution in [3.63, 3.8) is 0 Å². The van der Waals surface area contributed by atoms with Crippen molar-refractivity contribution in [1.82, 2.24) is 25.0 Å². The zero-order valence-corrected chi connectivity index (χ0v) is 17.5. The Hall–Kier alpha value is -3.62. The number of hydrogen-bond acceptors (Lipinski definition) is 4. The summed E-state index contributed by atoms with van der Waals surface area (Å²) in [6, 6.07) is 10.4. The smallest absolute Gasteiger partial charge is 0.256 e. The summed E-state index contributed by atoms with van der Waals surface area (Å²) in [5.74, 6) is -2.38. The molecule has 7 nitrogen and oxygen atoms in total. The predicted octanol–water partition coefficient (Wildman–Crippen LogP) is 3.28. The lowest BCUT2D eigenvalue weighted by Crippen LogP contribution is -2.43. The fourth-order valence-corrected chi connectivity index (χ4v) is 3.85. The molecular formula is C23H23F2N5O2. The minimum Gasteiger partial charge on any atom is -0.349 e.